The third-order valence-electron chi connectivity index (χ3n) is 1.72. The minimum absolute atomic E-state index is 0.272. The molecule has 0 saturated heterocycles. The van der Waals surface area contributed by atoms with Crippen molar-refractivity contribution in [3.8, 4) is 0 Å². The molecule has 0 radical (unpaired) electrons. The maximum absolute atomic E-state index is 12.6. The van der Waals surface area contributed by atoms with E-state index in [0.29, 0.717) is 0 Å². The van der Waals surface area contributed by atoms with Gasteiger partial charge in [0.25, 0.3) is 0 Å². The van der Waals surface area contributed by atoms with Gasteiger partial charge in [-0.1, -0.05) is 0 Å². The Hall–Kier alpha value is -1.07. The van der Waals surface area contributed by atoms with Crippen molar-refractivity contribution in [2.45, 2.75) is 19.1 Å². The molecule has 0 aliphatic heterocycles. The molecular formula is C8H10F2N2O. The fourth-order valence-corrected chi connectivity index (χ4v) is 0.897. The lowest BCUT2D eigenvalue weighted by Crippen LogP contribution is -2.23. The van der Waals surface area contributed by atoms with Crippen LogP contribution in [-0.4, -0.2) is 16.2 Å². The first kappa shape index (κ1) is 10.0. The van der Waals surface area contributed by atoms with Crippen LogP contribution in [0.1, 0.15) is 18.5 Å². The molecule has 0 fully saturated rings. The van der Waals surface area contributed by atoms with E-state index in [9.17, 15) is 8.78 Å². The van der Waals surface area contributed by atoms with Crippen LogP contribution in [-0.2, 0) is 0 Å². The van der Waals surface area contributed by atoms with Gasteiger partial charge < -0.3 is 10.8 Å². The number of pyridine rings is 1. The number of halogens is 2. The zero-order chi connectivity index (χ0) is 10.0. The van der Waals surface area contributed by atoms with Gasteiger partial charge in [0.1, 0.15) is 0 Å². The summed E-state index contributed by atoms with van der Waals surface area (Å²) >= 11 is 0. The molecule has 2 unspecified atom stereocenters. The number of aliphatic hydroxyl groups excluding tert-OH is 1. The number of aliphatic hydroxyl groups is 1. The number of hydrogen-bond acceptors (Lipinski definition) is 3. The Morgan fingerprint density at radius 2 is 2.15 bits per heavy atom. The minimum Gasteiger partial charge on any atom is -0.391 e. The van der Waals surface area contributed by atoms with E-state index >= 15 is 0 Å². The van der Waals surface area contributed by atoms with Crippen LogP contribution in [0.3, 0.4) is 0 Å². The van der Waals surface area contributed by atoms with E-state index in [4.69, 9.17) is 10.8 Å². The molecule has 0 saturated carbocycles. The lowest BCUT2D eigenvalue weighted by atomic mass is 10.1. The highest BCUT2D eigenvalue weighted by Gasteiger charge is 2.14. The quantitative estimate of drug-likeness (QED) is 0.673. The van der Waals surface area contributed by atoms with Gasteiger partial charge in [-0.3, -0.25) is 0 Å². The van der Waals surface area contributed by atoms with Crippen LogP contribution in [0.4, 0.5) is 8.78 Å². The molecule has 1 rings (SSSR count). The third kappa shape index (κ3) is 2.19. The summed E-state index contributed by atoms with van der Waals surface area (Å²) in [5, 5.41) is 9.07. The number of nitrogens with two attached hydrogens (primary N) is 1. The Balaban J connectivity index is 2.97. The summed E-state index contributed by atoms with van der Waals surface area (Å²) in [6.07, 6.45) is 0.280. The summed E-state index contributed by atoms with van der Waals surface area (Å²) < 4.78 is 25.0. The summed E-state index contributed by atoms with van der Waals surface area (Å²) in [5.41, 5.74) is 5.75. The summed E-state index contributed by atoms with van der Waals surface area (Å²) in [6, 6.07) is 0.183. The Bertz CT molecular complexity index is 304. The Labute approximate surface area is 74.2 Å². The number of rotatable bonds is 2. The van der Waals surface area contributed by atoms with E-state index in [1.54, 1.807) is 0 Å². The third-order valence-corrected chi connectivity index (χ3v) is 1.72. The van der Waals surface area contributed by atoms with E-state index in [-0.39, 0.29) is 5.56 Å². The van der Waals surface area contributed by atoms with Gasteiger partial charge in [0.15, 0.2) is 5.82 Å². The molecular weight excluding hydrogens is 178 g/mol. The number of aromatic nitrogens is 1. The van der Waals surface area contributed by atoms with Gasteiger partial charge in [-0.25, -0.2) is 9.37 Å². The van der Waals surface area contributed by atoms with Gasteiger partial charge in [-0.2, -0.15) is 4.39 Å². The van der Waals surface area contributed by atoms with E-state index in [0.717, 1.165) is 12.3 Å². The van der Waals surface area contributed by atoms with Crippen molar-refractivity contribution in [3.63, 3.8) is 0 Å². The zero-order valence-electron chi connectivity index (χ0n) is 7.04. The van der Waals surface area contributed by atoms with Crippen molar-refractivity contribution in [1.29, 1.82) is 0 Å². The highest BCUT2D eigenvalue weighted by Crippen LogP contribution is 2.14. The van der Waals surface area contributed by atoms with Crippen LogP contribution < -0.4 is 5.73 Å². The van der Waals surface area contributed by atoms with E-state index < -0.39 is 23.9 Å². The van der Waals surface area contributed by atoms with Gasteiger partial charge in [-0.15, -0.1) is 0 Å². The topological polar surface area (TPSA) is 59.1 Å². The second-order valence-electron chi connectivity index (χ2n) is 2.81. The van der Waals surface area contributed by atoms with Crippen LogP contribution in [0.15, 0.2) is 12.3 Å². The van der Waals surface area contributed by atoms with Crippen LogP contribution in [0.5, 0.6) is 0 Å². The zero-order valence-corrected chi connectivity index (χ0v) is 7.04. The summed E-state index contributed by atoms with van der Waals surface area (Å²) in [7, 11) is 0. The fourth-order valence-electron chi connectivity index (χ4n) is 0.897. The van der Waals surface area contributed by atoms with E-state index in [1.165, 1.54) is 6.92 Å². The standard InChI is InChI=1S/C8H10F2N2O/c1-4(13)7(11)5-2-6(9)8(10)12-3-5/h2-4,7,13H,11H2,1H3. The average molecular weight is 188 g/mol. The van der Waals surface area contributed by atoms with Gasteiger partial charge in [0, 0.05) is 6.20 Å². The van der Waals surface area contributed by atoms with Crippen molar-refractivity contribution in [1.82, 2.24) is 4.98 Å². The molecule has 0 amide bonds. The van der Waals surface area contributed by atoms with Gasteiger partial charge in [-0.05, 0) is 18.6 Å². The predicted molar refractivity (Wildman–Crippen MR) is 42.8 cm³/mol. The molecule has 1 aromatic rings. The highest BCUT2D eigenvalue weighted by molar-refractivity contribution is 5.16. The van der Waals surface area contributed by atoms with Gasteiger partial charge in [0.05, 0.1) is 12.1 Å². The highest BCUT2D eigenvalue weighted by atomic mass is 19.2. The van der Waals surface area contributed by atoms with Crippen molar-refractivity contribution < 1.29 is 13.9 Å². The first-order valence-electron chi connectivity index (χ1n) is 3.77. The Kier molecular flexibility index (Phi) is 2.90. The second kappa shape index (κ2) is 3.76. The van der Waals surface area contributed by atoms with Crippen molar-refractivity contribution in [3.05, 3.63) is 29.6 Å². The van der Waals surface area contributed by atoms with Crippen LogP contribution in [0, 0.1) is 11.8 Å². The SMILES string of the molecule is CC(O)C(N)c1cnc(F)c(F)c1. The summed E-state index contributed by atoms with van der Waals surface area (Å²) in [5.74, 6) is -2.23. The molecule has 13 heavy (non-hydrogen) atoms. The Morgan fingerprint density at radius 3 is 2.62 bits per heavy atom. The molecule has 5 heteroatoms. The molecule has 1 aromatic heterocycles. The fraction of sp³-hybridized carbons (Fsp3) is 0.375. The second-order valence-corrected chi connectivity index (χ2v) is 2.81. The molecule has 0 spiro atoms. The van der Waals surface area contributed by atoms with Crippen molar-refractivity contribution >= 4 is 0 Å². The molecule has 0 aromatic carbocycles. The maximum Gasteiger partial charge on any atom is 0.248 e. The molecule has 3 N–H and O–H groups in total. The smallest absolute Gasteiger partial charge is 0.248 e. The van der Waals surface area contributed by atoms with Crippen molar-refractivity contribution in [2.24, 2.45) is 5.73 Å². The first-order chi connectivity index (χ1) is 6.02. The lowest BCUT2D eigenvalue weighted by Gasteiger charge is -2.14. The Morgan fingerprint density at radius 1 is 1.54 bits per heavy atom. The summed E-state index contributed by atoms with van der Waals surface area (Å²) in [6.45, 7) is 1.46. The monoisotopic (exact) mass is 188 g/mol. The summed E-state index contributed by atoms with van der Waals surface area (Å²) in [4.78, 5) is 3.15. The average Bonchev–Trinajstić information content (AvgIpc) is 2.08. The molecule has 1 heterocycles. The molecule has 2 atom stereocenters. The molecule has 0 bridgehead atoms. The van der Waals surface area contributed by atoms with E-state index in [1.807, 2.05) is 0 Å². The molecule has 0 aliphatic rings. The normalized spacial score (nSPS) is 15.5. The van der Waals surface area contributed by atoms with Crippen LogP contribution in [0.2, 0.25) is 0 Å². The molecule has 3 nitrogen and oxygen atoms in total. The molecule has 0 aliphatic carbocycles. The lowest BCUT2D eigenvalue weighted by molar-refractivity contribution is 0.164. The van der Waals surface area contributed by atoms with Crippen molar-refractivity contribution in [2.75, 3.05) is 0 Å². The molecule has 72 valence electrons. The minimum atomic E-state index is -1.17. The van der Waals surface area contributed by atoms with Gasteiger partial charge in [0.2, 0.25) is 5.95 Å². The predicted octanol–water partition coefficient (Wildman–Crippen LogP) is 0.740. The maximum atomic E-state index is 12.6. The van der Waals surface area contributed by atoms with E-state index in [2.05, 4.69) is 4.98 Å². The first-order valence-corrected chi connectivity index (χ1v) is 3.77. The largest absolute Gasteiger partial charge is 0.391 e. The van der Waals surface area contributed by atoms with Gasteiger partial charge >= 0.3 is 0 Å². The number of nitrogens with zero attached hydrogens (tertiary/aromatic N) is 1. The number of hydrogen-bond donors (Lipinski definition) is 2. The van der Waals surface area contributed by atoms with Crippen LogP contribution in [0.25, 0.3) is 0 Å². The van der Waals surface area contributed by atoms with Crippen LogP contribution >= 0.6 is 0 Å².